The lowest BCUT2D eigenvalue weighted by molar-refractivity contribution is 0.376. The van der Waals surface area contributed by atoms with Crippen molar-refractivity contribution in [2.75, 3.05) is 14.1 Å². The highest BCUT2D eigenvalue weighted by Crippen LogP contribution is 2.34. The van der Waals surface area contributed by atoms with Crippen LogP contribution >= 0.6 is 11.6 Å². The Morgan fingerprint density at radius 1 is 1.27 bits per heavy atom. The molecular formula is C18H20ClN3. The maximum atomic E-state index is 6.25. The molecule has 0 amide bonds. The second-order valence-corrected chi connectivity index (χ2v) is 6.15. The van der Waals surface area contributed by atoms with E-state index in [0.29, 0.717) is 5.15 Å². The van der Waals surface area contributed by atoms with E-state index in [-0.39, 0.29) is 0 Å². The Kier molecular flexibility index (Phi) is 4.08. The summed E-state index contributed by atoms with van der Waals surface area (Å²) in [5.41, 5.74) is 4.68. The molecule has 3 nitrogen and oxygen atoms in total. The molecule has 1 aromatic rings. The largest absolute Gasteiger partial charge is 0.364 e. The van der Waals surface area contributed by atoms with Crippen LogP contribution < -0.4 is 0 Å². The molecule has 2 aliphatic rings. The molecule has 1 aromatic heterocycles. The molecule has 0 fully saturated rings. The number of allylic oxidation sites excluding steroid dienone is 5. The van der Waals surface area contributed by atoms with Crippen LogP contribution in [0.25, 0.3) is 5.57 Å². The van der Waals surface area contributed by atoms with Crippen LogP contribution in [-0.4, -0.2) is 28.9 Å². The molecule has 0 unspecified atom stereocenters. The fourth-order valence-electron chi connectivity index (χ4n) is 2.84. The Bertz CT molecular complexity index is 711. The van der Waals surface area contributed by atoms with Crippen molar-refractivity contribution in [3.63, 3.8) is 0 Å². The first-order chi connectivity index (χ1) is 10.6. The van der Waals surface area contributed by atoms with E-state index in [2.05, 4.69) is 60.2 Å². The highest BCUT2D eigenvalue weighted by molar-refractivity contribution is 6.31. The van der Waals surface area contributed by atoms with E-state index in [1.54, 1.807) is 6.20 Å². The van der Waals surface area contributed by atoms with Gasteiger partial charge in [-0.3, -0.25) is 0 Å². The minimum absolute atomic E-state index is 0.535. The van der Waals surface area contributed by atoms with E-state index >= 15 is 0 Å². The molecule has 0 aliphatic carbocycles. The van der Waals surface area contributed by atoms with Gasteiger partial charge >= 0.3 is 0 Å². The summed E-state index contributed by atoms with van der Waals surface area (Å²) in [5.74, 6) is 1.19. The normalized spacial score (nSPS) is 17.7. The second-order valence-electron chi connectivity index (χ2n) is 5.79. The van der Waals surface area contributed by atoms with Crippen LogP contribution in [0.5, 0.6) is 0 Å². The molecule has 0 radical (unpaired) electrons. The summed E-state index contributed by atoms with van der Waals surface area (Å²) < 4.78 is 0. The van der Waals surface area contributed by atoms with Crippen LogP contribution in [0.2, 0.25) is 5.15 Å². The minimum Gasteiger partial charge on any atom is -0.364 e. The molecule has 0 saturated heterocycles. The number of pyridine rings is 1. The van der Waals surface area contributed by atoms with Crippen LogP contribution in [0.15, 0.2) is 59.8 Å². The summed E-state index contributed by atoms with van der Waals surface area (Å²) in [4.78, 5) is 8.58. The van der Waals surface area contributed by atoms with Crippen LogP contribution in [0.1, 0.15) is 25.3 Å². The van der Waals surface area contributed by atoms with E-state index in [1.807, 2.05) is 12.1 Å². The number of hydrogen-bond acceptors (Lipinski definition) is 3. The van der Waals surface area contributed by atoms with E-state index in [1.165, 1.54) is 17.1 Å². The smallest absolute Gasteiger partial charge is 0.136 e. The summed E-state index contributed by atoms with van der Waals surface area (Å²) in [6.07, 6.45) is 12.6. The molecule has 3 rings (SSSR count). The summed E-state index contributed by atoms with van der Waals surface area (Å²) in [6, 6.07) is 3.92. The lowest BCUT2D eigenvalue weighted by Gasteiger charge is -2.32. The number of hydrogen-bond donors (Lipinski definition) is 0. The zero-order valence-corrected chi connectivity index (χ0v) is 13.9. The van der Waals surface area contributed by atoms with Crippen LogP contribution in [0.3, 0.4) is 0 Å². The summed E-state index contributed by atoms with van der Waals surface area (Å²) in [7, 11) is 4.15. The predicted octanol–water partition coefficient (Wildman–Crippen LogP) is 4.42. The molecule has 22 heavy (non-hydrogen) atoms. The lowest BCUT2D eigenvalue weighted by atomic mass is 10.0. The molecule has 114 valence electrons. The van der Waals surface area contributed by atoms with Gasteiger partial charge in [-0.1, -0.05) is 17.7 Å². The van der Waals surface area contributed by atoms with E-state index in [0.717, 1.165) is 24.0 Å². The maximum absolute atomic E-state index is 6.25. The van der Waals surface area contributed by atoms with Gasteiger partial charge in [-0.25, -0.2) is 4.98 Å². The Morgan fingerprint density at radius 2 is 2.09 bits per heavy atom. The van der Waals surface area contributed by atoms with Gasteiger partial charge in [-0.2, -0.15) is 0 Å². The SMILES string of the molecule is CC1=C2C=CC(c3cccnc3Cl)=CN2C(N(C)C)=CCC1. The van der Waals surface area contributed by atoms with Gasteiger partial charge in [0.1, 0.15) is 11.0 Å². The number of aromatic nitrogens is 1. The highest BCUT2D eigenvalue weighted by Gasteiger charge is 2.21. The first-order valence-electron chi connectivity index (χ1n) is 7.45. The molecule has 0 atom stereocenters. The average Bonchev–Trinajstić information content (AvgIpc) is 2.67. The van der Waals surface area contributed by atoms with E-state index in [4.69, 9.17) is 11.6 Å². The highest BCUT2D eigenvalue weighted by atomic mass is 35.5. The van der Waals surface area contributed by atoms with Gasteiger partial charge in [-0.15, -0.1) is 0 Å². The van der Waals surface area contributed by atoms with Gasteiger partial charge in [0.15, 0.2) is 0 Å². The molecule has 4 heteroatoms. The third-order valence-electron chi connectivity index (χ3n) is 4.01. The van der Waals surface area contributed by atoms with Crippen molar-refractivity contribution in [3.05, 3.63) is 70.6 Å². The zero-order valence-electron chi connectivity index (χ0n) is 13.2. The summed E-state index contributed by atoms with van der Waals surface area (Å²) in [5, 5.41) is 0.535. The molecule has 2 aliphatic heterocycles. The fourth-order valence-corrected chi connectivity index (χ4v) is 3.07. The van der Waals surface area contributed by atoms with Crippen molar-refractivity contribution >= 4 is 17.2 Å². The van der Waals surface area contributed by atoms with Gasteiger partial charge < -0.3 is 9.80 Å². The van der Waals surface area contributed by atoms with Crippen molar-refractivity contribution in [1.82, 2.24) is 14.8 Å². The van der Waals surface area contributed by atoms with Gasteiger partial charge in [0, 0.05) is 43.3 Å². The fraction of sp³-hybridized carbons (Fsp3) is 0.278. The predicted molar refractivity (Wildman–Crippen MR) is 91.9 cm³/mol. The van der Waals surface area contributed by atoms with Crippen molar-refractivity contribution < 1.29 is 0 Å². The molecule has 0 aromatic carbocycles. The van der Waals surface area contributed by atoms with Gasteiger partial charge in [0.05, 0.1) is 0 Å². The van der Waals surface area contributed by atoms with E-state index in [9.17, 15) is 0 Å². The van der Waals surface area contributed by atoms with E-state index < -0.39 is 0 Å². The van der Waals surface area contributed by atoms with Gasteiger partial charge in [-0.05, 0) is 49.6 Å². The summed E-state index contributed by atoms with van der Waals surface area (Å²) in [6.45, 7) is 2.20. The van der Waals surface area contributed by atoms with Crippen LogP contribution in [0.4, 0.5) is 0 Å². The quantitative estimate of drug-likeness (QED) is 0.753. The molecular weight excluding hydrogens is 294 g/mol. The average molecular weight is 314 g/mol. The van der Waals surface area contributed by atoms with Crippen LogP contribution in [0, 0.1) is 0 Å². The third kappa shape index (κ3) is 2.69. The minimum atomic E-state index is 0.535. The molecule has 0 spiro atoms. The second kappa shape index (κ2) is 6.01. The monoisotopic (exact) mass is 313 g/mol. The maximum Gasteiger partial charge on any atom is 0.136 e. The number of fused-ring (bicyclic) bond motifs is 1. The molecule has 0 saturated carbocycles. The molecule has 0 N–H and O–H groups in total. The Morgan fingerprint density at radius 3 is 2.82 bits per heavy atom. The lowest BCUT2D eigenvalue weighted by Crippen LogP contribution is -2.27. The number of nitrogens with zero attached hydrogens (tertiary/aromatic N) is 3. The van der Waals surface area contributed by atoms with Crippen LogP contribution in [-0.2, 0) is 0 Å². The Labute approximate surface area is 136 Å². The molecule has 0 bridgehead atoms. The Hall–Kier alpha value is -2.00. The zero-order chi connectivity index (χ0) is 15.7. The molecule has 3 heterocycles. The number of halogens is 1. The third-order valence-corrected chi connectivity index (χ3v) is 4.31. The van der Waals surface area contributed by atoms with Crippen molar-refractivity contribution in [1.29, 1.82) is 0 Å². The van der Waals surface area contributed by atoms with Crippen molar-refractivity contribution in [3.8, 4) is 0 Å². The van der Waals surface area contributed by atoms with Crippen molar-refractivity contribution in [2.24, 2.45) is 0 Å². The van der Waals surface area contributed by atoms with Gasteiger partial charge in [0.25, 0.3) is 0 Å². The van der Waals surface area contributed by atoms with Crippen molar-refractivity contribution in [2.45, 2.75) is 19.8 Å². The summed E-state index contributed by atoms with van der Waals surface area (Å²) >= 11 is 6.25. The van der Waals surface area contributed by atoms with Gasteiger partial charge in [0.2, 0.25) is 0 Å². The topological polar surface area (TPSA) is 19.4 Å². The standard InChI is InChI=1S/C18H20ClN3/c1-13-6-4-8-17(21(2)3)22-12-14(9-10-16(13)22)15-7-5-11-20-18(15)19/h5,7-12H,4,6H2,1-3H3. The first kappa shape index (κ1) is 14.9. The Balaban J connectivity index is 2.09. The number of rotatable bonds is 2. The first-order valence-corrected chi connectivity index (χ1v) is 7.83.